The van der Waals surface area contributed by atoms with Gasteiger partial charge in [-0.2, -0.15) is 0 Å². The van der Waals surface area contributed by atoms with Crippen LogP contribution >= 0.6 is 0 Å². The molecule has 10 nitrogen and oxygen atoms in total. The smallest absolute Gasteiger partial charge is 0.331 e. The number of likely N-dealkylation sites (N-methyl/N-ethyl adjacent to an activating group) is 1. The van der Waals surface area contributed by atoms with E-state index in [0.717, 1.165) is 112 Å². The van der Waals surface area contributed by atoms with Gasteiger partial charge in [0.2, 0.25) is 0 Å². The fourth-order valence-corrected chi connectivity index (χ4v) is 28.6. The average molecular weight is 1240 g/mol. The summed E-state index contributed by atoms with van der Waals surface area (Å²) in [6, 6.07) is 26.4. The van der Waals surface area contributed by atoms with Crippen molar-refractivity contribution in [2.75, 3.05) is 7.05 Å². The molecular formula is C82H95NO9. The number of aldehydes is 1. The zero-order valence-electron chi connectivity index (χ0n) is 53.8. The van der Waals surface area contributed by atoms with Crippen LogP contribution in [-0.2, 0) is 44.9 Å². The third kappa shape index (κ3) is 7.57. The first-order valence-electron chi connectivity index (χ1n) is 36.8. The van der Waals surface area contributed by atoms with Crippen LogP contribution in [0.4, 0.5) is 0 Å². The van der Waals surface area contributed by atoms with Crippen LogP contribution in [0.3, 0.4) is 0 Å². The second kappa shape index (κ2) is 20.6. The molecule has 6 N–H and O–H groups in total. The van der Waals surface area contributed by atoms with E-state index in [1.54, 1.807) is 6.08 Å². The second-order valence-corrected chi connectivity index (χ2v) is 34.2. The van der Waals surface area contributed by atoms with Crippen molar-refractivity contribution in [3.8, 4) is 23.7 Å². The number of allylic oxidation sites excluding steroid dienone is 2. The molecule has 11 fully saturated rings. The number of nitrogens with one attached hydrogen (secondary N) is 1. The van der Waals surface area contributed by atoms with Gasteiger partial charge in [-0.25, -0.2) is 4.79 Å². The van der Waals surface area contributed by atoms with Gasteiger partial charge in [-0.3, -0.25) is 0 Å². The molecule has 0 aromatic heterocycles. The Morgan fingerprint density at radius 1 is 0.772 bits per heavy atom. The standard InChI is InChI=1S/C82H95NO9/c1-83-69-38-61-50(15-8-18-54(61)42-84)25-28-76(26-5-6-27-76)43-77-40-53-17-10-20-60-59(49-13-3-2-4-14-49)23-24-66-63(60)36-56-35-57-32-47-12-7-11-46(29-47)30-48-21-22-52(31-48)58-19-9-16-51-34-68-75(91-57)79(56,66)44-78(45-85)73(53)82(90,74(87)67(37-62(51)58)81(68,78)89)80(77,88)41-55-33-64(69)72-65(71(55)77)39-70(86)92-72/h2-4,7-9,11-16,18,29,39,45,48,51-53,55-60,62-64,66-69,71-75,83-84,87-90H,5-6,19-24,26-27,30-38,40-44H2,1H3/t48-,51-,52-,53-,55+,56+,57+,58+,59-,60-,62-,63-,64+,66-,67-,68-,69+,71-,72+,73-,74+,75-,77+,78+,79+,80-,81+,82-/m1/s1. The Bertz CT molecular complexity index is 3740. The number of carbonyl (C=O) groups is 2. The maximum absolute atomic E-state index is 16.5. The number of aliphatic hydroxyl groups is 5. The first-order valence-corrected chi connectivity index (χ1v) is 36.8. The van der Waals surface area contributed by atoms with Crippen molar-refractivity contribution >= 4 is 12.3 Å². The summed E-state index contributed by atoms with van der Waals surface area (Å²) in [5.41, 5.74) is -2.72. The lowest BCUT2D eigenvalue weighted by molar-refractivity contribution is -0.400. The summed E-state index contributed by atoms with van der Waals surface area (Å²) < 4.78 is 14.9. The van der Waals surface area contributed by atoms with Gasteiger partial charge in [-0.1, -0.05) is 109 Å². The first kappa shape index (κ1) is 58.5. The lowest BCUT2D eigenvalue weighted by atomic mass is 9.30. The van der Waals surface area contributed by atoms with Crippen molar-refractivity contribution in [3.05, 3.63) is 130 Å². The molecule has 3 aliphatic heterocycles. The summed E-state index contributed by atoms with van der Waals surface area (Å²) >= 11 is 0. The molecule has 3 aromatic rings. The van der Waals surface area contributed by atoms with E-state index >= 15 is 25.2 Å². The van der Waals surface area contributed by atoms with Gasteiger partial charge in [-0.15, -0.1) is 5.92 Å². The monoisotopic (exact) mass is 1240 g/mol. The van der Waals surface area contributed by atoms with E-state index in [0.29, 0.717) is 63.2 Å². The number of ether oxygens (including phenoxy) is 2. The predicted octanol–water partition coefficient (Wildman–Crippen LogP) is 11.0. The molecule has 14 aliphatic carbocycles. The number of aliphatic hydroxyl groups excluding tert-OH is 2. The Morgan fingerprint density at radius 2 is 1.61 bits per heavy atom. The third-order valence-electron chi connectivity index (χ3n) is 31.4. The molecule has 0 amide bonds. The zero-order valence-corrected chi connectivity index (χ0v) is 53.8. The number of hydrogen-bond acceptors (Lipinski definition) is 10. The van der Waals surface area contributed by atoms with E-state index in [4.69, 9.17) is 9.47 Å². The lowest BCUT2D eigenvalue weighted by Gasteiger charge is -2.77. The van der Waals surface area contributed by atoms with Crippen molar-refractivity contribution in [1.29, 1.82) is 0 Å². The highest BCUT2D eigenvalue weighted by atomic mass is 16.5. The van der Waals surface area contributed by atoms with Crippen LogP contribution in [0.15, 0.2) is 96.6 Å². The van der Waals surface area contributed by atoms with Gasteiger partial charge >= 0.3 is 5.97 Å². The number of esters is 1. The highest BCUT2D eigenvalue weighted by molar-refractivity contribution is 5.86. The molecule has 1 saturated heterocycles. The van der Waals surface area contributed by atoms with Gasteiger partial charge in [0.1, 0.15) is 23.6 Å². The highest BCUT2D eigenvalue weighted by Crippen LogP contribution is 2.83. The minimum atomic E-state index is -2.36. The van der Waals surface area contributed by atoms with Crippen LogP contribution in [-0.4, -0.2) is 92.1 Å². The Hall–Kier alpha value is -4.88. The fourth-order valence-electron chi connectivity index (χ4n) is 28.6. The van der Waals surface area contributed by atoms with E-state index in [-0.39, 0.29) is 84.4 Å². The Labute approximate surface area is 543 Å². The summed E-state index contributed by atoms with van der Waals surface area (Å²) in [6.45, 7) is -0.134. The topological polar surface area (TPSA) is 166 Å². The van der Waals surface area contributed by atoms with Crippen LogP contribution in [0.1, 0.15) is 168 Å². The molecule has 0 unspecified atom stereocenters. The first-order chi connectivity index (χ1) is 44.7. The quantitative estimate of drug-likeness (QED) is 0.0641. The average Bonchev–Trinajstić information content (AvgIpc) is 1.25. The summed E-state index contributed by atoms with van der Waals surface area (Å²) in [5.74, 6) is 13.6. The maximum atomic E-state index is 16.5. The van der Waals surface area contributed by atoms with Gasteiger partial charge < -0.3 is 45.1 Å². The highest BCUT2D eigenvalue weighted by Gasteiger charge is 2.90. The number of rotatable bonds is 4. The zero-order chi connectivity index (χ0) is 62.1. The van der Waals surface area contributed by atoms with Crippen LogP contribution in [0.25, 0.3) is 0 Å². The summed E-state index contributed by atoms with van der Waals surface area (Å²) in [7, 11) is 1.97. The molecule has 3 heterocycles. The third-order valence-corrected chi connectivity index (χ3v) is 31.4. The number of benzene rings is 3. The van der Waals surface area contributed by atoms with Gasteiger partial charge in [0.25, 0.3) is 0 Å². The predicted molar refractivity (Wildman–Crippen MR) is 347 cm³/mol. The molecule has 3 aromatic carbocycles. The number of hydrogen-bond donors (Lipinski definition) is 6. The van der Waals surface area contributed by atoms with Crippen LogP contribution in [0, 0.1) is 140 Å². The van der Waals surface area contributed by atoms with Crippen molar-refractivity contribution in [1.82, 2.24) is 5.32 Å². The largest absolute Gasteiger partial charge is 0.454 e. The minimum Gasteiger partial charge on any atom is -0.454 e. The van der Waals surface area contributed by atoms with E-state index in [1.807, 2.05) is 19.2 Å². The molecule has 0 radical (unpaired) electrons. The van der Waals surface area contributed by atoms with E-state index in [2.05, 4.69) is 102 Å². The molecule has 20 rings (SSSR count). The summed E-state index contributed by atoms with van der Waals surface area (Å²) in [6.07, 6.45) is 22.4. The lowest BCUT2D eigenvalue weighted by Crippen LogP contribution is -2.88. The number of fused-ring (bicyclic) bond motifs is 8. The SMILES string of the molecule is CN[C@H]1Cc2c(cccc2CO)C#CC2(CCCC2)C[C@]23C[C@H]4C#CC[C@H]5[C@H]6C[C@@H]7C[C@@H]8Cc9cccc(c9)C[C@H]9CC[C@H](C9)[C@@H]9CC=C[C@@H]%10C[C@@H]%11[C@@H](O8)[C@]7(C[C@]7(C=O)[C@@H]4[C@@](O)([C@@H](O)[C@@H](C[C@@H]9%10)[C@]%117O)[C@@]2(O)C[C@@H]2C[C@@H]1[C@@H]1OC(=O)C=C1[C@@H]23)[C@@H]6CC[C@@H]5c1ccccc1. The van der Waals surface area contributed by atoms with E-state index < -0.39 is 92.3 Å². The molecule has 482 valence electrons. The molecule has 28 atom stereocenters. The van der Waals surface area contributed by atoms with Crippen molar-refractivity contribution in [2.45, 2.75) is 207 Å². The van der Waals surface area contributed by atoms with E-state index in [9.17, 15) is 9.90 Å². The van der Waals surface area contributed by atoms with Crippen LogP contribution in [0.5, 0.6) is 0 Å². The van der Waals surface area contributed by atoms with Crippen molar-refractivity contribution < 1.29 is 44.6 Å². The van der Waals surface area contributed by atoms with Gasteiger partial charge in [0.05, 0.1) is 35.9 Å². The van der Waals surface area contributed by atoms with Crippen LogP contribution in [0.2, 0.25) is 0 Å². The van der Waals surface area contributed by atoms with Gasteiger partial charge in [-0.05, 0) is 246 Å². The maximum Gasteiger partial charge on any atom is 0.331 e. The minimum absolute atomic E-state index is 0.0548. The molecule has 10 saturated carbocycles. The van der Waals surface area contributed by atoms with Crippen LogP contribution < -0.4 is 5.32 Å². The van der Waals surface area contributed by atoms with Gasteiger partial charge in [0, 0.05) is 69.9 Å². The molecule has 17 aliphatic rings. The normalized spacial score (nSPS) is 50.3. The fraction of sp³-hybridized carbons (Fsp3) is 0.659. The summed E-state index contributed by atoms with van der Waals surface area (Å²) in [4.78, 5) is 31.0. The Morgan fingerprint density at radius 3 is 2.43 bits per heavy atom. The summed E-state index contributed by atoms with van der Waals surface area (Å²) in [5, 5.41) is 77.5. The Kier molecular flexibility index (Phi) is 13.1. The number of carbonyl (C=O) groups excluding carboxylic acids is 2. The van der Waals surface area contributed by atoms with Gasteiger partial charge in [0.15, 0.2) is 0 Å². The van der Waals surface area contributed by atoms with E-state index in [1.165, 1.54) is 23.1 Å². The molecule has 3 spiro atoms. The van der Waals surface area contributed by atoms with Crippen molar-refractivity contribution in [3.63, 3.8) is 0 Å². The second-order valence-electron chi connectivity index (χ2n) is 34.2. The molecule has 10 heteroatoms. The molecule has 19 bridgehead atoms. The molecule has 92 heavy (non-hydrogen) atoms. The van der Waals surface area contributed by atoms with Crippen molar-refractivity contribution in [2.24, 2.45) is 116 Å². The molecular weight excluding hydrogens is 1140 g/mol. The Balaban J connectivity index is 0.880.